The Hall–Kier alpha value is -1.80. The van der Waals surface area contributed by atoms with E-state index in [1.165, 1.54) is 23.0 Å². The molecule has 3 rings (SSSR count). The molecule has 0 saturated heterocycles. The molecule has 1 aromatic heterocycles. The lowest BCUT2D eigenvalue weighted by Gasteiger charge is -2.29. The lowest BCUT2D eigenvalue weighted by Crippen LogP contribution is -2.46. The molecule has 1 aliphatic rings. The number of benzene rings is 1. The number of fused-ring (bicyclic) bond motifs is 1. The van der Waals surface area contributed by atoms with Crippen LogP contribution in [0.3, 0.4) is 0 Å². The fourth-order valence-corrected chi connectivity index (χ4v) is 4.76. The van der Waals surface area contributed by atoms with Gasteiger partial charge in [0.15, 0.2) is 11.0 Å². The molecule has 23 heavy (non-hydrogen) atoms. The maximum atomic E-state index is 12.7. The predicted molar refractivity (Wildman–Crippen MR) is 91.1 cm³/mol. The highest BCUT2D eigenvalue weighted by molar-refractivity contribution is 7.98. The summed E-state index contributed by atoms with van der Waals surface area (Å²) >= 11 is 1.38. The third kappa shape index (κ3) is 2.28. The zero-order chi connectivity index (χ0) is 16.8. The Morgan fingerprint density at radius 2 is 1.91 bits per heavy atom. The van der Waals surface area contributed by atoms with Crippen molar-refractivity contribution in [3.63, 3.8) is 0 Å². The first-order valence-electron chi connectivity index (χ1n) is 7.21. The third-order valence-corrected chi connectivity index (χ3v) is 6.70. The van der Waals surface area contributed by atoms with Crippen LogP contribution in [0.2, 0.25) is 0 Å². The highest BCUT2D eigenvalue weighted by Crippen LogP contribution is 2.36. The smallest absolute Gasteiger partial charge is 0.246 e. The van der Waals surface area contributed by atoms with Gasteiger partial charge in [0.25, 0.3) is 0 Å². The Kier molecular flexibility index (Phi) is 3.97. The van der Waals surface area contributed by atoms with Crippen molar-refractivity contribution in [3.8, 4) is 5.69 Å². The van der Waals surface area contributed by atoms with Gasteiger partial charge >= 0.3 is 0 Å². The number of carbonyl (C=O) groups excluding carboxylic acids is 1. The molecule has 2 heterocycles. The summed E-state index contributed by atoms with van der Waals surface area (Å²) in [5.74, 6) is -0.190. The fourth-order valence-electron chi connectivity index (χ4n) is 2.71. The Bertz CT molecular complexity index is 860. The number of para-hydroxylation sites is 1. The summed E-state index contributed by atoms with van der Waals surface area (Å²) in [6.07, 6.45) is 1.85. The molecular weight excluding hydrogens is 334 g/mol. The van der Waals surface area contributed by atoms with E-state index in [0.29, 0.717) is 10.9 Å². The van der Waals surface area contributed by atoms with Gasteiger partial charge in [-0.2, -0.15) is 0 Å². The van der Waals surface area contributed by atoms with E-state index in [0.717, 1.165) is 5.69 Å². The van der Waals surface area contributed by atoms with E-state index < -0.39 is 21.1 Å². The maximum absolute atomic E-state index is 12.7. The second-order valence-electron chi connectivity index (χ2n) is 5.16. The van der Waals surface area contributed by atoms with Crippen LogP contribution in [0, 0.1) is 0 Å². The maximum Gasteiger partial charge on any atom is 0.246 e. The number of rotatable bonds is 3. The van der Waals surface area contributed by atoms with E-state index in [-0.39, 0.29) is 12.4 Å². The summed E-state index contributed by atoms with van der Waals surface area (Å²) in [4.78, 5) is 17.2. The first-order chi connectivity index (χ1) is 10.9. The molecule has 0 radical (unpaired) electrons. The van der Waals surface area contributed by atoms with Crippen LogP contribution >= 0.6 is 11.8 Å². The number of carbonyl (C=O) groups is 1. The van der Waals surface area contributed by atoms with Crippen molar-refractivity contribution in [1.82, 2.24) is 9.55 Å². The first-order valence-corrected chi connectivity index (χ1v) is 9.94. The molecule has 0 fully saturated rings. The van der Waals surface area contributed by atoms with Crippen LogP contribution in [0.1, 0.15) is 24.3 Å². The topological polar surface area (TPSA) is 72.3 Å². The van der Waals surface area contributed by atoms with Gasteiger partial charge < -0.3 is 0 Å². The minimum atomic E-state index is -3.71. The van der Waals surface area contributed by atoms with Gasteiger partial charge in [0.1, 0.15) is 10.9 Å². The van der Waals surface area contributed by atoms with Crippen molar-refractivity contribution in [2.75, 3.05) is 17.1 Å². The van der Waals surface area contributed by atoms with Crippen LogP contribution in [0.5, 0.6) is 0 Å². The van der Waals surface area contributed by atoms with E-state index in [1.807, 2.05) is 36.6 Å². The molecule has 0 aliphatic carbocycles. The molecule has 1 atom stereocenters. The number of Topliss-reactive ketones (excluding diaryl/α,β-unsaturated/α-hetero) is 1. The minimum absolute atomic E-state index is 0.226. The number of hydrogen-bond acceptors (Lipinski definition) is 5. The number of thioether (sulfide) groups is 1. The summed E-state index contributed by atoms with van der Waals surface area (Å²) < 4.78 is 28.0. The second-order valence-corrected chi connectivity index (χ2v) is 8.11. The summed E-state index contributed by atoms with van der Waals surface area (Å²) in [7, 11) is -3.71. The van der Waals surface area contributed by atoms with Crippen molar-refractivity contribution < 1.29 is 13.2 Å². The van der Waals surface area contributed by atoms with Crippen LogP contribution in [-0.4, -0.2) is 41.8 Å². The molecule has 6 nitrogen and oxygen atoms in total. The second kappa shape index (κ2) is 5.68. The van der Waals surface area contributed by atoms with Gasteiger partial charge in [-0.3, -0.25) is 13.7 Å². The van der Waals surface area contributed by atoms with Gasteiger partial charge in [-0.15, -0.1) is 0 Å². The number of hydrogen-bond donors (Lipinski definition) is 0. The molecule has 0 bridgehead atoms. The average molecular weight is 351 g/mol. The standard InChI is InChI=1S/C15H17N3O3S2/c1-4-17-14-12(13(19)10(2)23(17,20)21)18(15(16-14)22-3)11-8-6-5-7-9-11/h5-10H,4H2,1-3H3. The molecule has 8 heteroatoms. The molecule has 122 valence electrons. The lowest BCUT2D eigenvalue weighted by molar-refractivity contribution is 0.0983. The quantitative estimate of drug-likeness (QED) is 0.794. The summed E-state index contributed by atoms with van der Waals surface area (Å²) in [5, 5.41) is -0.513. The molecule has 0 N–H and O–H groups in total. The third-order valence-electron chi connectivity index (χ3n) is 3.91. The Balaban J connectivity index is 2.35. The van der Waals surface area contributed by atoms with Gasteiger partial charge in [-0.25, -0.2) is 13.4 Å². The van der Waals surface area contributed by atoms with Gasteiger partial charge in [0.05, 0.1) is 0 Å². The van der Waals surface area contributed by atoms with E-state index in [4.69, 9.17) is 0 Å². The zero-order valence-electron chi connectivity index (χ0n) is 13.1. The van der Waals surface area contributed by atoms with Gasteiger partial charge in [0, 0.05) is 12.2 Å². The fraction of sp³-hybridized carbons (Fsp3) is 0.333. The summed E-state index contributed by atoms with van der Waals surface area (Å²) in [6.45, 7) is 3.42. The largest absolute Gasteiger partial charge is 0.291 e. The highest BCUT2D eigenvalue weighted by Gasteiger charge is 2.45. The number of anilines is 1. The zero-order valence-corrected chi connectivity index (χ0v) is 14.7. The molecule has 2 aromatic rings. The van der Waals surface area contributed by atoms with Crippen molar-refractivity contribution in [1.29, 1.82) is 0 Å². The van der Waals surface area contributed by atoms with Gasteiger partial charge in [-0.1, -0.05) is 30.0 Å². The molecule has 0 amide bonds. The molecule has 1 aromatic carbocycles. The monoisotopic (exact) mass is 351 g/mol. The van der Waals surface area contributed by atoms with E-state index in [9.17, 15) is 13.2 Å². The van der Waals surface area contributed by atoms with E-state index in [2.05, 4.69) is 4.98 Å². The Labute approximate surface area is 139 Å². The van der Waals surface area contributed by atoms with Crippen LogP contribution in [0.15, 0.2) is 35.5 Å². The van der Waals surface area contributed by atoms with E-state index >= 15 is 0 Å². The molecule has 1 aliphatic heterocycles. The molecule has 0 spiro atoms. The number of sulfonamides is 1. The summed E-state index contributed by atoms with van der Waals surface area (Å²) in [5.41, 5.74) is 1.13. The molecular formula is C15H17N3O3S2. The lowest BCUT2D eigenvalue weighted by atomic mass is 10.2. The van der Waals surface area contributed by atoms with Crippen LogP contribution in [-0.2, 0) is 10.0 Å². The Morgan fingerprint density at radius 1 is 1.26 bits per heavy atom. The van der Waals surface area contributed by atoms with Crippen molar-refractivity contribution in [2.45, 2.75) is 24.3 Å². The number of ketones is 1. The van der Waals surface area contributed by atoms with Crippen molar-refractivity contribution in [3.05, 3.63) is 36.0 Å². The Morgan fingerprint density at radius 3 is 2.48 bits per heavy atom. The van der Waals surface area contributed by atoms with Crippen LogP contribution in [0.25, 0.3) is 5.69 Å². The van der Waals surface area contributed by atoms with E-state index in [1.54, 1.807) is 11.5 Å². The molecule has 0 saturated carbocycles. The van der Waals surface area contributed by atoms with Crippen LogP contribution in [0.4, 0.5) is 5.82 Å². The normalized spacial score (nSPS) is 19.7. The minimum Gasteiger partial charge on any atom is -0.291 e. The van der Waals surface area contributed by atoms with Gasteiger partial charge in [-0.05, 0) is 32.2 Å². The number of imidazole rings is 1. The number of aromatic nitrogens is 2. The number of nitrogens with zero attached hydrogens (tertiary/aromatic N) is 3. The van der Waals surface area contributed by atoms with Crippen molar-refractivity contribution in [2.24, 2.45) is 0 Å². The molecule has 1 unspecified atom stereocenters. The SMILES string of the molecule is CCN1c2nc(SC)n(-c3ccccc3)c2C(=O)C(C)S1(=O)=O. The summed E-state index contributed by atoms with van der Waals surface area (Å²) in [6, 6.07) is 9.38. The van der Waals surface area contributed by atoms with Crippen molar-refractivity contribution >= 4 is 33.4 Å². The highest BCUT2D eigenvalue weighted by atomic mass is 32.2. The first kappa shape index (κ1) is 16.1. The predicted octanol–water partition coefficient (Wildman–Crippen LogP) is 2.34. The average Bonchev–Trinajstić information content (AvgIpc) is 2.93. The van der Waals surface area contributed by atoms with Crippen LogP contribution < -0.4 is 4.31 Å². The van der Waals surface area contributed by atoms with Gasteiger partial charge in [0.2, 0.25) is 15.8 Å².